The van der Waals surface area contributed by atoms with Crippen LogP contribution < -0.4 is 5.32 Å². The second-order valence-corrected chi connectivity index (χ2v) is 5.11. The maximum absolute atomic E-state index is 5.60. The lowest BCUT2D eigenvalue weighted by Gasteiger charge is -2.32. The summed E-state index contributed by atoms with van der Waals surface area (Å²) in [6.07, 6.45) is 2.71. The zero-order valence-corrected chi connectivity index (χ0v) is 12.6. The van der Waals surface area contributed by atoms with Crippen molar-refractivity contribution in [1.29, 1.82) is 0 Å². The Hall–Kier alpha value is -0.120. The van der Waals surface area contributed by atoms with Crippen molar-refractivity contribution in [3.05, 3.63) is 0 Å². The van der Waals surface area contributed by atoms with Crippen molar-refractivity contribution < 1.29 is 4.74 Å². The molecule has 0 heterocycles. The summed E-state index contributed by atoms with van der Waals surface area (Å²) in [5.74, 6) is 0. The zero-order chi connectivity index (χ0) is 13.3. The molecule has 104 valence electrons. The van der Waals surface area contributed by atoms with Gasteiger partial charge in [0.1, 0.15) is 0 Å². The fourth-order valence-electron chi connectivity index (χ4n) is 1.93. The third kappa shape index (κ3) is 7.74. The van der Waals surface area contributed by atoms with Crippen LogP contribution in [-0.4, -0.2) is 49.8 Å². The Kier molecular flexibility index (Phi) is 9.79. The molecule has 0 aromatic rings. The molecule has 0 aliphatic heterocycles. The molecule has 17 heavy (non-hydrogen) atoms. The summed E-state index contributed by atoms with van der Waals surface area (Å²) >= 11 is 0. The topological polar surface area (TPSA) is 24.5 Å². The summed E-state index contributed by atoms with van der Waals surface area (Å²) < 4.78 is 5.60. The molecule has 0 saturated carbocycles. The SMILES string of the molecule is CCCNC(CC)C(C)N(C)CCOC(C)C. The molecule has 0 radical (unpaired) electrons. The van der Waals surface area contributed by atoms with Gasteiger partial charge in [-0.2, -0.15) is 0 Å². The molecule has 0 rings (SSSR count). The van der Waals surface area contributed by atoms with Crippen LogP contribution in [0.3, 0.4) is 0 Å². The number of likely N-dealkylation sites (N-methyl/N-ethyl adjacent to an activating group) is 1. The minimum absolute atomic E-state index is 0.332. The Balaban J connectivity index is 3.93. The fraction of sp³-hybridized carbons (Fsp3) is 1.00. The molecule has 1 N–H and O–H groups in total. The highest BCUT2D eigenvalue weighted by molar-refractivity contribution is 4.78. The molecule has 0 aromatic heterocycles. The maximum atomic E-state index is 5.60. The molecule has 0 fully saturated rings. The molecule has 0 aliphatic rings. The van der Waals surface area contributed by atoms with Crippen LogP contribution in [0, 0.1) is 0 Å². The first kappa shape index (κ1) is 16.9. The van der Waals surface area contributed by atoms with E-state index in [1.165, 1.54) is 12.8 Å². The second-order valence-electron chi connectivity index (χ2n) is 5.11. The molecule has 0 aromatic carbocycles. The highest BCUT2D eigenvalue weighted by Crippen LogP contribution is 2.06. The van der Waals surface area contributed by atoms with E-state index in [-0.39, 0.29) is 0 Å². The molecule has 0 amide bonds. The Morgan fingerprint density at radius 2 is 1.82 bits per heavy atom. The second kappa shape index (κ2) is 9.86. The molecule has 0 aliphatic carbocycles. The molecular weight excluding hydrogens is 212 g/mol. The van der Waals surface area contributed by atoms with Crippen molar-refractivity contribution >= 4 is 0 Å². The van der Waals surface area contributed by atoms with Crippen molar-refractivity contribution in [3.63, 3.8) is 0 Å². The van der Waals surface area contributed by atoms with Crippen LogP contribution in [0.15, 0.2) is 0 Å². The largest absolute Gasteiger partial charge is 0.377 e. The molecular formula is C14H32N2O. The first-order valence-electron chi connectivity index (χ1n) is 7.08. The Morgan fingerprint density at radius 3 is 2.29 bits per heavy atom. The predicted molar refractivity (Wildman–Crippen MR) is 75.6 cm³/mol. The third-order valence-electron chi connectivity index (χ3n) is 3.27. The van der Waals surface area contributed by atoms with E-state index in [1.54, 1.807) is 0 Å². The van der Waals surface area contributed by atoms with Gasteiger partial charge < -0.3 is 10.1 Å². The number of hydrogen-bond donors (Lipinski definition) is 1. The highest BCUT2D eigenvalue weighted by atomic mass is 16.5. The number of nitrogens with zero attached hydrogens (tertiary/aromatic N) is 1. The smallest absolute Gasteiger partial charge is 0.0596 e. The first-order valence-corrected chi connectivity index (χ1v) is 7.08. The van der Waals surface area contributed by atoms with Gasteiger partial charge in [0, 0.05) is 18.6 Å². The van der Waals surface area contributed by atoms with Crippen molar-refractivity contribution in [2.24, 2.45) is 0 Å². The number of hydrogen-bond acceptors (Lipinski definition) is 3. The Morgan fingerprint density at radius 1 is 1.18 bits per heavy atom. The van der Waals surface area contributed by atoms with E-state index in [0.29, 0.717) is 18.2 Å². The summed E-state index contributed by atoms with van der Waals surface area (Å²) in [7, 11) is 2.19. The van der Waals surface area contributed by atoms with Gasteiger partial charge in [-0.15, -0.1) is 0 Å². The maximum Gasteiger partial charge on any atom is 0.0596 e. The van der Waals surface area contributed by atoms with Gasteiger partial charge in [-0.1, -0.05) is 13.8 Å². The predicted octanol–water partition coefficient (Wildman–Crippen LogP) is 2.51. The quantitative estimate of drug-likeness (QED) is 0.639. The van der Waals surface area contributed by atoms with Gasteiger partial charge >= 0.3 is 0 Å². The summed E-state index contributed by atoms with van der Waals surface area (Å²) in [5.41, 5.74) is 0. The van der Waals surface area contributed by atoms with E-state index in [4.69, 9.17) is 4.74 Å². The normalized spacial score (nSPS) is 15.5. The van der Waals surface area contributed by atoms with Gasteiger partial charge in [-0.25, -0.2) is 0 Å². The van der Waals surface area contributed by atoms with Crippen LogP contribution in [-0.2, 0) is 4.74 Å². The van der Waals surface area contributed by atoms with Gasteiger partial charge in [-0.3, -0.25) is 4.90 Å². The number of rotatable bonds is 10. The lowest BCUT2D eigenvalue weighted by molar-refractivity contribution is 0.0532. The van der Waals surface area contributed by atoms with Crippen molar-refractivity contribution in [2.75, 3.05) is 26.7 Å². The lowest BCUT2D eigenvalue weighted by atomic mass is 10.1. The van der Waals surface area contributed by atoms with Gasteiger partial charge in [0.15, 0.2) is 0 Å². The molecule has 0 spiro atoms. The molecule has 0 saturated heterocycles. The van der Waals surface area contributed by atoms with Gasteiger partial charge in [-0.05, 0) is 47.2 Å². The average molecular weight is 244 g/mol. The van der Waals surface area contributed by atoms with Crippen LogP contribution in [0.25, 0.3) is 0 Å². The molecule has 2 atom stereocenters. The van der Waals surface area contributed by atoms with Crippen LogP contribution >= 0.6 is 0 Å². The molecule has 3 heteroatoms. The zero-order valence-electron chi connectivity index (χ0n) is 12.6. The summed E-state index contributed by atoms with van der Waals surface area (Å²) in [4.78, 5) is 2.39. The standard InChI is InChI=1S/C14H32N2O/c1-7-9-15-14(8-2)13(5)16(6)10-11-17-12(3)4/h12-15H,7-11H2,1-6H3. The Bertz CT molecular complexity index is 174. The van der Waals surface area contributed by atoms with Crippen LogP contribution in [0.5, 0.6) is 0 Å². The number of nitrogens with one attached hydrogen (secondary N) is 1. The lowest BCUT2D eigenvalue weighted by Crippen LogP contribution is -2.47. The fourth-order valence-corrected chi connectivity index (χ4v) is 1.93. The summed E-state index contributed by atoms with van der Waals surface area (Å²) in [5, 5.41) is 3.62. The minimum Gasteiger partial charge on any atom is -0.377 e. The highest BCUT2D eigenvalue weighted by Gasteiger charge is 2.18. The van der Waals surface area contributed by atoms with Crippen LogP contribution in [0.2, 0.25) is 0 Å². The van der Waals surface area contributed by atoms with E-state index < -0.39 is 0 Å². The monoisotopic (exact) mass is 244 g/mol. The van der Waals surface area contributed by atoms with E-state index in [0.717, 1.165) is 19.7 Å². The van der Waals surface area contributed by atoms with Crippen molar-refractivity contribution in [2.45, 2.75) is 65.6 Å². The molecule has 2 unspecified atom stereocenters. The number of ether oxygens (including phenoxy) is 1. The van der Waals surface area contributed by atoms with Gasteiger partial charge in [0.05, 0.1) is 12.7 Å². The van der Waals surface area contributed by atoms with Crippen LogP contribution in [0.1, 0.15) is 47.5 Å². The third-order valence-corrected chi connectivity index (χ3v) is 3.27. The van der Waals surface area contributed by atoms with E-state index in [9.17, 15) is 0 Å². The van der Waals surface area contributed by atoms with Gasteiger partial charge in [0.2, 0.25) is 0 Å². The van der Waals surface area contributed by atoms with E-state index in [1.807, 2.05) is 0 Å². The van der Waals surface area contributed by atoms with Crippen molar-refractivity contribution in [1.82, 2.24) is 10.2 Å². The molecule has 0 bridgehead atoms. The van der Waals surface area contributed by atoms with Crippen molar-refractivity contribution in [3.8, 4) is 0 Å². The molecule has 3 nitrogen and oxygen atoms in total. The summed E-state index contributed by atoms with van der Waals surface area (Å²) in [6.45, 7) is 13.9. The minimum atomic E-state index is 0.332. The van der Waals surface area contributed by atoms with E-state index >= 15 is 0 Å². The van der Waals surface area contributed by atoms with Crippen LogP contribution in [0.4, 0.5) is 0 Å². The average Bonchev–Trinajstić information content (AvgIpc) is 2.29. The first-order chi connectivity index (χ1) is 8.02. The van der Waals surface area contributed by atoms with Gasteiger partial charge in [0.25, 0.3) is 0 Å². The summed E-state index contributed by atoms with van der Waals surface area (Å²) in [6, 6.07) is 1.14. The Labute approximate surface area is 108 Å². The van der Waals surface area contributed by atoms with E-state index in [2.05, 4.69) is 51.9 Å².